The molecule has 0 amide bonds. The van der Waals surface area contributed by atoms with Gasteiger partial charge in [-0.2, -0.15) is 11.8 Å². The third-order valence-electron chi connectivity index (χ3n) is 4.70. The van der Waals surface area contributed by atoms with Crippen LogP contribution >= 0.6 is 35.7 Å². The topological polar surface area (TPSA) is 39.7 Å². The van der Waals surface area contributed by atoms with Gasteiger partial charge in [0.05, 0.1) is 0 Å². The number of nitrogens with one attached hydrogen (secondary N) is 2. The lowest BCUT2D eigenvalue weighted by Gasteiger charge is -2.27. The summed E-state index contributed by atoms with van der Waals surface area (Å²) < 4.78 is 0. The maximum Gasteiger partial charge on any atom is 0.191 e. The van der Waals surface area contributed by atoms with Crippen molar-refractivity contribution in [2.24, 2.45) is 4.99 Å². The van der Waals surface area contributed by atoms with Crippen molar-refractivity contribution in [1.82, 2.24) is 15.5 Å². The van der Waals surface area contributed by atoms with Crippen LogP contribution in [0.5, 0.6) is 0 Å². The molecule has 6 heteroatoms. The van der Waals surface area contributed by atoms with Gasteiger partial charge in [0, 0.05) is 26.7 Å². The zero-order valence-corrected chi connectivity index (χ0v) is 19.4. The largest absolute Gasteiger partial charge is 0.356 e. The Labute approximate surface area is 181 Å². The van der Waals surface area contributed by atoms with Gasteiger partial charge in [-0.25, -0.2) is 0 Å². The first-order valence-corrected chi connectivity index (χ1v) is 11.0. The SMILES string of the molecule is CN=C(NCCCCSC)NCc1ccccc1CN1CCCCC1.I. The van der Waals surface area contributed by atoms with Crippen LogP contribution in [0.1, 0.15) is 43.2 Å². The average Bonchev–Trinajstić information content (AvgIpc) is 2.66. The van der Waals surface area contributed by atoms with Gasteiger partial charge in [0.15, 0.2) is 5.96 Å². The Bertz CT molecular complexity index is 518. The zero-order chi connectivity index (χ0) is 17.7. The van der Waals surface area contributed by atoms with Crippen molar-refractivity contribution >= 4 is 41.7 Å². The van der Waals surface area contributed by atoms with E-state index in [4.69, 9.17) is 0 Å². The monoisotopic (exact) mass is 490 g/mol. The third kappa shape index (κ3) is 8.95. The minimum atomic E-state index is 0. The number of benzene rings is 1. The van der Waals surface area contributed by atoms with Gasteiger partial charge in [0.1, 0.15) is 0 Å². The molecular weight excluding hydrogens is 455 g/mol. The summed E-state index contributed by atoms with van der Waals surface area (Å²) in [6.45, 7) is 5.35. The van der Waals surface area contributed by atoms with Crippen LogP contribution in [-0.4, -0.2) is 49.6 Å². The van der Waals surface area contributed by atoms with Crippen LogP contribution in [-0.2, 0) is 13.1 Å². The predicted molar refractivity (Wildman–Crippen MR) is 127 cm³/mol. The normalized spacial score (nSPS) is 15.4. The van der Waals surface area contributed by atoms with Crippen LogP contribution in [0.25, 0.3) is 0 Å². The molecule has 0 aliphatic carbocycles. The molecule has 0 unspecified atom stereocenters. The number of guanidine groups is 1. The Morgan fingerprint density at radius 3 is 2.50 bits per heavy atom. The van der Waals surface area contributed by atoms with E-state index in [1.807, 2.05) is 18.8 Å². The summed E-state index contributed by atoms with van der Waals surface area (Å²) in [4.78, 5) is 6.93. The molecule has 0 atom stereocenters. The van der Waals surface area contributed by atoms with Crippen molar-refractivity contribution in [2.45, 2.75) is 45.2 Å². The molecule has 0 bridgehead atoms. The van der Waals surface area contributed by atoms with Crippen LogP contribution in [0.15, 0.2) is 29.3 Å². The third-order valence-corrected chi connectivity index (χ3v) is 5.40. The van der Waals surface area contributed by atoms with Crippen LogP contribution in [0, 0.1) is 0 Å². The summed E-state index contributed by atoms with van der Waals surface area (Å²) in [5.74, 6) is 2.13. The molecule has 26 heavy (non-hydrogen) atoms. The molecule has 1 aliphatic rings. The fraction of sp³-hybridized carbons (Fsp3) is 0.650. The lowest BCUT2D eigenvalue weighted by molar-refractivity contribution is 0.220. The number of thioether (sulfide) groups is 1. The first-order chi connectivity index (χ1) is 12.3. The van der Waals surface area contributed by atoms with Gasteiger partial charge in [0.25, 0.3) is 0 Å². The molecule has 2 N–H and O–H groups in total. The number of nitrogens with zero attached hydrogens (tertiary/aromatic N) is 2. The molecule has 1 saturated heterocycles. The van der Waals surface area contributed by atoms with E-state index in [2.05, 4.69) is 51.0 Å². The highest BCUT2D eigenvalue weighted by atomic mass is 127. The Morgan fingerprint density at radius 2 is 1.81 bits per heavy atom. The number of unbranched alkanes of at least 4 members (excludes halogenated alkanes) is 1. The summed E-state index contributed by atoms with van der Waals surface area (Å²) in [5, 5.41) is 6.89. The lowest BCUT2D eigenvalue weighted by atomic mass is 10.0. The van der Waals surface area contributed by atoms with Crippen LogP contribution in [0.2, 0.25) is 0 Å². The summed E-state index contributed by atoms with van der Waals surface area (Å²) >= 11 is 1.91. The molecule has 2 rings (SSSR count). The second kappa shape index (κ2) is 14.6. The van der Waals surface area contributed by atoms with E-state index in [1.165, 1.54) is 62.1 Å². The first-order valence-electron chi connectivity index (χ1n) is 9.56. The maximum absolute atomic E-state index is 4.35. The minimum absolute atomic E-state index is 0. The van der Waals surface area contributed by atoms with E-state index in [9.17, 15) is 0 Å². The van der Waals surface area contributed by atoms with Gasteiger partial charge in [-0.1, -0.05) is 30.7 Å². The highest BCUT2D eigenvalue weighted by Gasteiger charge is 2.12. The van der Waals surface area contributed by atoms with Crippen molar-refractivity contribution < 1.29 is 0 Å². The first kappa shape index (κ1) is 23.6. The Hall–Kier alpha value is -0.470. The Morgan fingerprint density at radius 1 is 1.08 bits per heavy atom. The minimum Gasteiger partial charge on any atom is -0.356 e. The fourth-order valence-corrected chi connectivity index (χ4v) is 3.71. The van der Waals surface area contributed by atoms with E-state index in [0.29, 0.717) is 0 Å². The van der Waals surface area contributed by atoms with Gasteiger partial charge in [-0.3, -0.25) is 9.89 Å². The Balaban J connectivity index is 0.00000338. The van der Waals surface area contributed by atoms with Crippen molar-refractivity contribution in [3.05, 3.63) is 35.4 Å². The summed E-state index contributed by atoms with van der Waals surface area (Å²) in [5.41, 5.74) is 2.81. The molecule has 1 aliphatic heterocycles. The summed E-state index contributed by atoms with van der Waals surface area (Å²) in [6, 6.07) is 8.79. The van der Waals surface area contributed by atoms with Gasteiger partial charge in [-0.05, 0) is 61.9 Å². The quantitative estimate of drug-likeness (QED) is 0.237. The Kier molecular flexibility index (Phi) is 13.2. The molecule has 1 aromatic carbocycles. The van der Waals surface area contributed by atoms with E-state index in [0.717, 1.165) is 25.6 Å². The highest BCUT2D eigenvalue weighted by Crippen LogP contribution is 2.16. The predicted octanol–water partition coefficient (Wildman–Crippen LogP) is 4.10. The van der Waals surface area contributed by atoms with Crippen LogP contribution in [0.4, 0.5) is 0 Å². The van der Waals surface area contributed by atoms with E-state index >= 15 is 0 Å². The van der Waals surface area contributed by atoms with Gasteiger partial charge in [-0.15, -0.1) is 24.0 Å². The summed E-state index contributed by atoms with van der Waals surface area (Å²) in [6.07, 6.45) is 8.67. The highest BCUT2D eigenvalue weighted by molar-refractivity contribution is 14.0. The van der Waals surface area contributed by atoms with Crippen molar-refractivity contribution in [2.75, 3.05) is 38.7 Å². The number of hydrogen-bond acceptors (Lipinski definition) is 3. The maximum atomic E-state index is 4.35. The van der Waals surface area contributed by atoms with Crippen molar-refractivity contribution in [3.63, 3.8) is 0 Å². The number of rotatable bonds is 9. The molecule has 0 spiro atoms. The number of likely N-dealkylation sites (tertiary alicyclic amines) is 1. The second-order valence-electron chi connectivity index (χ2n) is 6.66. The smallest absolute Gasteiger partial charge is 0.191 e. The standard InChI is InChI=1S/C20H34N4S.HI/c1-21-20(22-12-6-9-15-25-2)23-16-18-10-4-5-11-19(18)17-24-13-7-3-8-14-24;/h4-5,10-11H,3,6-9,12-17H2,1-2H3,(H2,21,22,23);1H. The van der Waals surface area contributed by atoms with Crippen LogP contribution < -0.4 is 10.6 Å². The molecule has 4 nitrogen and oxygen atoms in total. The number of aliphatic imine (C=N–C) groups is 1. The lowest BCUT2D eigenvalue weighted by Crippen LogP contribution is -2.37. The van der Waals surface area contributed by atoms with E-state index in [1.54, 1.807) is 0 Å². The van der Waals surface area contributed by atoms with Gasteiger partial charge in [0.2, 0.25) is 0 Å². The number of piperidine rings is 1. The van der Waals surface area contributed by atoms with Crippen molar-refractivity contribution in [1.29, 1.82) is 0 Å². The van der Waals surface area contributed by atoms with Gasteiger partial charge < -0.3 is 10.6 Å². The van der Waals surface area contributed by atoms with Crippen molar-refractivity contribution in [3.8, 4) is 0 Å². The molecule has 0 radical (unpaired) electrons. The van der Waals surface area contributed by atoms with E-state index in [-0.39, 0.29) is 24.0 Å². The number of halogens is 1. The molecule has 1 fully saturated rings. The zero-order valence-electron chi connectivity index (χ0n) is 16.3. The molecule has 0 aromatic heterocycles. The average molecular weight is 490 g/mol. The molecule has 1 heterocycles. The van der Waals surface area contributed by atoms with Gasteiger partial charge >= 0.3 is 0 Å². The fourth-order valence-electron chi connectivity index (χ4n) is 3.22. The molecule has 148 valence electrons. The van der Waals surface area contributed by atoms with E-state index < -0.39 is 0 Å². The molecule has 0 saturated carbocycles. The number of hydrogen-bond donors (Lipinski definition) is 2. The molecular formula is C20H35IN4S. The summed E-state index contributed by atoms with van der Waals surface area (Å²) in [7, 11) is 1.84. The van der Waals surface area contributed by atoms with Crippen LogP contribution in [0.3, 0.4) is 0 Å². The second-order valence-corrected chi connectivity index (χ2v) is 7.64. The molecule has 1 aromatic rings.